The van der Waals surface area contributed by atoms with Gasteiger partial charge in [0.25, 0.3) is 0 Å². The zero-order chi connectivity index (χ0) is 25.9. The SMILES string of the molecule is CCn1ncc2cc(NC3(C#N)C=NC(N[C@H](c4ccccc4F)[C@H](C)NC(=O)O)=C(F)C3)ccc21. The molecule has 0 fully saturated rings. The number of hydrogen-bond acceptors (Lipinski definition) is 6. The molecular weight excluding hydrogens is 468 g/mol. The number of nitrogens with zero attached hydrogens (tertiary/aromatic N) is 4. The molecule has 36 heavy (non-hydrogen) atoms. The van der Waals surface area contributed by atoms with Crippen LogP contribution in [-0.2, 0) is 6.54 Å². The number of nitriles is 1. The minimum absolute atomic E-state index is 0.144. The van der Waals surface area contributed by atoms with Crippen molar-refractivity contribution < 1.29 is 18.7 Å². The molecule has 4 rings (SSSR count). The van der Waals surface area contributed by atoms with Crippen molar-refractivity contribution in [3.63, 3.8) is 0 Å². The van der Waals surface area contributed by atoms with Crippen LogP contribution in [0.3, 0.4) is 0 Å². The summed E-state index contributed by atoms with van der Waals surface area (Å²) in [5.74, 6) is -1.51. The fraction of sp³-hybridized carbons (Fsp3) is 0.280. The van der Waals surface area contributed by atoms with Crippen molar-refractivity contribution in [2.45, 2.75) is 44.4 Å². The van der Waals surface area contributed by atoms with E-state index in [1.807, 2.05) is 23.7 Å². The van der Waals surface area contributed by atoms with Gasteiger partial charge in [-0.2, -0.15) is 10.4 Å². The van der Waals surface area contributed by atoms with Crippen LogP contribution in [0.25, 0.3) is 10.9 Å². The Labute approximate surface area is 206 Å². The average molecular weight is 494 g/mol. The van der Waals surface area contributed by atoms with E-state index in [4.69, 9.17) is 5.11 Å². The molecular formula is C25H25F2N7O2. The zero-order valence-corrected chi connectivity index (χ0v) is 19.7. The standard InChI is InChI=1S/C25H25F2N7O2/c1-3-34-21-9-8-17(10-16(21)12-30-34)33-25(13-28)11-20(27)23(29-14-25)32-22(15(2)31-24(35)36)18-6-4-5-7-19(18)26/h4-10,12,14-15,22,31-33H,3,11H2,1-2H3,(H,35,36)/t15-,22-,25?/m0/s1. The number of halogens is 2. The first kappa shape index (κ1) is 24.7. The van der Waals surface area contributed by atoms with Crippen molar-refractivity contribution in [3.8, 4) is 6.07 Å². The van der Waals surface area contributed by atoms with Crippen LogP contribution in [0.4, 0.5) is 19.3 Å². The molecule has 0 bridgehead atoms. The van der Waals surface area contributed by atoms with Gasteiger partial charge in [0.05, 0.1) is 29.9 Å². The van der Waals surface area contributed by atoms with Gasteiger partial charge in [0.1, 0.15) is 11.6 Å². The van der Waals surface area contributed by atoms with Crippen molar-refractivity contribution in [2.75, 3.05) is 5.32 Å². The number of anilines is 1. The van der Waals surface area contributed by atoms with Crippen molar-refractivity contribution >= 4 is 28.9 Å². The molecule has 0 saturated heterocycles. The Morgan fingerprint density at radius 3 is 2.75 bits per heavy atom. The second-order valence-corrected chi connectivity index (χ2v) is 8.51. The molecule has 0 saturated carbocycles. The van der Waals surface area contributed by atoms with Gasteiger partial charge in [-0.25, -0.2) is 18.6 Å². The topological polar surface area (TPSA) is 127 Å². The Morgan fingerprint density at radius 2 is 2.08 bits per heavy atom. The van der Waals surface area contributed by atoms with Gasteiger partial charge in [-0.05, 0) is 38.1 Å². The molecule has 2 heterocycles. The number of amides is 1. The fourth-order valence-electron chi connectivity index (χ4n) is 4.21. The monoisotopic (exact) mass is 493 g/mol. The predicted molar refractivity (Wildman–Crippen MR) is 132 cm³/mol. The van der Waals surface area contributed by atoms with E-state index in [0.29, 0.717) is 12.2 Å². The number of aryl methyl sites for hydroxylation is 1. The highest BCUT2D eigenvalue weighted by molar-refractivity contribution is 5.86. The van der Waals surface area contributed by atoms with Crippen molar-refractivity contribution in [1.29, 1.82) is 5.26 Å². The van der Waals surface area contributed by atoms with Crippen LogP contribution >= 0.6 is 0 Å². The first-order valence-electron chi connectivity index (χ1n) is 11.3. The van der Waals surface area contributed by atoms with E-state index in [1.54, 1.807) is 18.3 Å². The molecule has 4 N–H and O–H groups in total. The van der Waals surface area contributed by atoms with Gasteiger partial charge >= 0.3 is 6.09 Å². The van der Waals surface area contributed by atoms with E-state index < -0.39 is 35.4 Å². The number of benzene rings is 2. The smallest absolute Gasteiger partial charge is 0.404 e. The Kier molecular flexibility index (Phi) is 6.87. The van der Waals surface area contributed by atoms with E-state index in [9.17, 15) is 14.4 Å². The summed E-state index contributed by atoms with van der Waals surface area (Å²) < 4.78 is 31.7. The summed E-state index contributed by atoms with van der Waals surface area (Å²) in [5, 5.41) is 32.3. The average Bonchev–Trinajstić information content (AvgIpc) is 3.26. The lowest BCUT2D eigenvalue weighted by Gasteiger charge is -2.31. The van der Waals surface area contributed by atoms with Gasteiger partial charge < -0.3 is 21.1 Å². The third-order valence-corrected chi connectivity index (χ3v) is 6.00. The number of rotatable bonds is 8. The van der Waals surface area contributed by atoms with Gasteiger partial charge in [0.15, 0.2) is 11.4 Å². The van der Waals surface area contributed by atoms with E-state index in [1.165, 1.54) is 31.3 Å². The maximum absolute atomic E-state index is 15.3. The molecule has 11 heteroatoms. The van der Waals surface area contributed by atoms with Crippen molar-refractivity contribution in [2.24, 2.45) is 4.99 Å². The molecule has 0 aliphatic carbocycles. The minimum Gasteiger partial charge on any atom is -0.465 e. The summed E-state index contributed by atoms with van der Waals surface area (Å²) in [5.41, 5.74) is 0.221. The Bertz CT molecular complexity index is 1390. The van der Waals surface area contributed by atoms with Crippen LogP contribution in [0.2, 0.25) is 0 Å². The Hall–Kier alpha value is -4.46. The summed E-state index contributed by atoms with van der Waals surface area (Å²) in [6.45, 7) is 4.23. The number of nitrogens with one attached hydrogen (secondary N) is 3. The number of aliphatic imine (C=N–C) groups is 1. The van der Waals surface area contributed by atoms with Crippen LogP contribution in [0, 0.1) is 17.1 Å². The van der Waals surface area contributed by atoms with Gasteiger partial charge in [-0.1, -0.05) is 18.2 Å². The number of hydrogen-bond donors (Lipinski definition) is 4. The summed E-state index contributed by atoms with van der Waals surface area (Å²) in [7, 11) is 0. The van der Waals surface area contributed by atoms with Crippen LogP contribution in [0.5, 0.6) is 0 Å². The van der Waals surface area contributed by atoms with Gasteiger partial charge in [0, 0.05) is 35.8 Å². The van der Waals surface area contributed by atoms with Crippen molar-refractivity contribution in [1.82, 2.24) is 20.4 Å². The van der Waals surface area contributed by atoms with Crippen LogP contribution in [-0.4, -0.2) is 38.8 Å². The summed E-state index contributed by atoms with van der Waals surface area (Å²) in [4.78, 5) is 15.3. The highest BCUT2D eigenvalue weighted by Crippen LogP contribution is 2.31. The highest BCUT2D eigenvalue weighted by atomic mass is 19.1. The number of aromatic nitrogens is 2. The maximum atomic E-state index is 15.3. The quantitative estimate of drug-likeness (QED) is 0.367. The third kappa shape index (κ3) is 4.98. The van der Waals surface area contributed by atoms with Crippen LogP contribution < -0.4 is 16.0 Å². The fourth-order valence-corrected chi connectivity index (χ4v) is 4.21. The maximum Gasteiger partial charge on any atom is 0.404 e. The first-order valence-corrected chi connectivity index (χ1v) is 11.3. The number of fused-ring (bicyclic) bond motifs is 1. The van der Waals surface area contributed by atoms with E-state index >= 15 is 4.39 Å². The molecule has 3 aromatic rings. The first-order chi connectivity index (χ1) is 17.2. The lowest BCUT2D eigenvalue weighted by Crippen LogP contribution is -2.44. The minimum atomic E-state index is -1.46. The lowest BCUT2D eigenvalue weighted by molar-refractivity contribution is 0.187. The van der Waals surface area contributed by atoms with Gasteiger partial charge in [-0.3, -0.25) is 4.68 Å². The third-order valence-electron chi connectivity index (χ3n) is 6.00. The molecule has 3 atom stereocenters. The lowest BCUT2D eigenvalue weighted by atomic mass is 9.94. The van der Waals surface area contributed by atoms with E-state index in [0.717, 1.165) is 10.9 Å². The summed E-state index contributed by atoms with van der Waals surface area (Å²) in [6, 6.07) is 11.6. The van der Waals surface area contributed by atoms with Crippen LogP contribution in [0.15, 0.2) is 65.3 Å². The molecule has 2 aromatic carbocycles. The van der Waals surface area contributed by atoms with Crippen LogP contribution in [0.1, 0.15) is 31.9 Å². The zero-order valence-electron chi connectivity index (χ0n) is 19.7. The molecule has 1 amide bonds. The van der Waals surface area contributed by atoms with Crippen molar-refractivity contribution in [3.05, 3.63) is 71.7 Å². The molecule has 9 nitrogen and oxygen atoms in total. The largest absolute Gasteiger partial charge is 0.465 e. The van der Waals surface area contributed by atoms with Gasteiger partial charge in [0.2, 0.25) is 0 Å². The molecule has 1 aliphatic heterocycles. The molecule has 186 valence electrons. The molecule has 1 unspecified atom stereocenters. The predicted octanol–water partition coefficient (Wildman–Crippen LogP) is 4.47. The summed E-state index contributed by atoms with van der Waals surface area (Å²) in [6.07, 6.45) is 1.37. The molecule has 0 radical (unpaired) electrons. The van der Waals surface area contributed by atoms with E-state index in [2.05, 4.69) is 32.1 Å². The second-order valence-electron chi connectivity index (χ2n) is 8.51. The Morgan fingerprint density at radius 1 is 1.31 bits per heavy atom. The summed E-state index contributed by atoms with van der Waals surface area (Å²) >= 11 is 0. The second kappa shape index (κ2) is 10.0. The van der Waals surface area contributed by atoms with E-state index in [-0.39, 0.29) is 17.8 Å². The highest BCUT2D eigenvalue weighted by Gasteiger charge is 2.36. The number of carbonyl (C=O) groups is 1. The molecule has 1 aromatic heterocycles. The number of carboxylic acid groups (broad SMARTS) is 1. The Balaban J connectivity index is 1.58. The molecule has 1 aliphatic rings. The molecule has 0 spiro atoms. The normalized spacial score (nSPS) is 19.0. The van der Waals surface area contributed by atoms with Gasteiger partial charge in [-0.15, -0.1) is 0 Å².